The van der Waals surface area contributed by atoms with Gasteiger partial charge in [0.15, 0.2) is 5.17 Å². The van der Waals surface area contributed by atoms with E-state index in [-0.39, 0.29) is 11.3 Å². The fourth-order valence-corrected chi connectivity index (χ4v) is 4.71. The van der Waals surface area contributed by atoms with Crippen LogP contribution in [0.1, 0.15) is 29.3 Å². The molecule has 9 heteroatoms. The standard InChI is InChI=1S/C25H23N7OS/c1-2-22-29-32(25(34-22)26-24(33)19-8-4-3-5-9-19)16-17-12-14-18(15-13-17)20-10-6-7-11-21(20)23-27-30-31-28-23/h3-15,22,29H,2,16H2,1H3,(H,27,28,30,31). The van der Waals surface area contributed by atoms with E-state index in [1.165, 1.54) is 0 Å². The molecule has 2 heterocycles. The number of carbonyl (C=O) groups is 1. The largest absolute Gasteiger partial charge is 0.281 e. The lowest BCUT2D eigenvalue weighted by atomic mass is 9.98. The van der Waals surface area contributed by atoms with Gasteiger partial charge < -0.3 is 0 Å². The van der Waals surface area contributed by atoms with Crippen LogP contribution in [0.4, 0.5) is 0 Å². The Balaban J connectivity index is 1.36. The number of aliphatic imine (C=N–C) groups is 1. The number of hydrogen-bond donors (Lipinski definition) is 2. The Morgan fingerprint density at radius 2 is 1.74 bits per heavy atom. The van der Waals surface area contributed by atoms with Gasteiger partial charge >= 0.3 is 0 Å². The molecule has 0 radical (unpaired) electrons. The molecule has 1 aliphatic rings. The van der Waals surface area contributed by atoms with Gasteiger partial charge in [0.1, 0.15) is 0 Å². The number of amides is 1. The molecule has 34 heavy (non-hydrogen) atoms. The number of thioether (sulfide) groups is 1. The maximum atomic E-state index is 12.7. The SMILES string of the molecule is CCC1NN(Cc2ccc(-c3ccccc3-c3nn[nH]n3)cc2)C(=NC(=O)c2ccccc2)S1. The summed E-state index contributed by atoms with van der Waals surface area (Å²) in [5, 5.41) is 17.3. The lowest BCUT2D eigenvalue weighted by Gasteiger charge is -2.19. The van der Waals surface area contributed by atoms with Crippen molar-refractivity contribution in [3.05, 3.63) is 90.0 Å². The second kappa shape index (κ2) is 9.98. The van der Waals surface area contributed by atoms with Crippen LogP contribution in [0.2, 0.25) is 0 Å². The van der Waals surface area contributed by atoms with Crippen molar-refractivity contribution in [3.63, 3.8) is 0 Å². The number of tetrazole rings is 1. The summed E-state index contributed by atoms with van der Waals surface area (Å²) in [7, 11) is 0. The first-order chi connectivity index (χ1) is 16.7. The maximum absolute atomic E-state index is 12.7. The minimum Gasteiger partial charge on any atom is -0.281 e. The number of hydrogen-bond acceptors (Lipinski definition) is 6. The second-order valence-electron chi connectivity index (χ2n) is 7.77. The van der Waals surface area contributed by atoms with Gasteiger partial charge in [0.05, 0.1) is 11.9 Å². The summed E-state index contributed by atoms with van der Waals surface area (Å²) in [6.07, 6.45) is 0.922. The van der Waals surface area contributed by atoms with Gasteiger partial charge in [0.2, 0.25) is 5.82 Å². The Morgan fingerprint density at radius 3 is 2.44 bits per heavy atom. The number of carbonyl (C=O) groups excluding carboxylic acids is 1. The van der Waals surface area contributed by atoms with E-state index in [9.17, 15) is 4.79 Å². The van der Waals surface area contributed by atoms with Crippen LogP contribution in [0.3, 0.4) is 0 Å². The van der Waals surface area contributed by atoms with Crippen LogP contribution >= 0.6 is 11.8 Å². The lowest BCUT2D eigenvalue weighted by molar-refractivity contribution is 0.100. The number of H-pyrrole nitrogens is 1. The van der Waals surface area contributed by atoms with Crippen molar-refractivity contribution in [1.82, 2.24) is 31.1 Å². The van der Waals surface area contributed by atoms with Crippen molar-refractivity contribution < 1.29 is 4.79 Å². The molecule has 0 saturated carbocycles. The molecule has 1 atom stereocenters. The van der Waals surface area contributed by atoms with Crippen molar-refractivity contribution in [3.8, 4) is 22.5 Å². The molecule has 0 aliphatic carbocycles. The molecule has 0 spiro atoms. The molecule has 170 valence electrons. The van der Waals surface area contributed by atoms with Crippen LogP contribution in [-0.2, 0) is 6.54 Å². The summed E-state index contributed by atoms with van der Waals surface area (Å²) in [5.41, 5.74) is 8.16. The van der Waals surface area contributed by atoms with Gasteiger partial charge in [-0.2, -0.15) is 10.2 Å². The highest BCUT2D eigenvalue weighted by Gasteiger charge is 2.28. The maximum Gasteiger partial charge on any atom is 0.279 e. The topological polar surface area (TPSA) is 99.2 Å². The third kappa shape index (κ3) is 4.75. The molecule has 8 nitrogen and oxygen atoms in total. The third-order valence-corrected chi connectivity index (χ3v) is 6.73. The molecule has 1 unspecified atom stereocenters. The third-order valence-electron chi connectivity index (χ3n) is 5.49. The Kier molecular flexibility index (Phi) is 6.46. The minimum atomic E-state index is -0.236. The van der Waals surface area contributed by atoms with Gasteiger partial charge in [0.25, 0.3) is 5.91 Å². The zero-order chi connectivity index (χ0) is 23.3. The fourth-order valence-electron chi connectivity index (χ4n) is 3.73. The summed E-state index contributed by atoms with van der Waals surface area (Å²) >= 11 is 1.58. The first-order valence-electron chi connectivity index (χ1n) is 11.0. The molecule has 3 aromatic carbocycles. The summed E-state index contributed by atoms with van der Waals surface area (Å²) < 4.78 is 0. The first-order valence-corrected chi connectivity index (χ1v) is 11.9. The van der Waals surface area contributed by atoms with Gasteiger partial charge in [-0.3, -0.25) is 9.80 Å². The van der Waals surface area contributed by atoms with E-state index in [1.807, 2.05) is 47.5 Å². The number of rotatable bonds is 6. The van der Waals surface area contributed by atoms with E-state index in [1.54, 1.807) is 23.9 Å². The summed E-state index contributed by atoms with van der Waals surface area (Å²) in [5.74, 6) is 0.326. The van der Waals surface area contributed by atoms with E-state index >= 15 is 0 Å². The number of hydrazine groups is 1. The smallest absolute Gasteiger partial charge is 0.279 e. The second-order valence-corrected chi connectivity index (χ2v) is 8.94. The number of benzene rings is 3. The molecule has 4 aromatic rings. The predicted octanol–water partition coefficient (Wildman–Crippen LogP) is 4.52. The van der Waals surface area contributed by atoms with Gasteiger partial charge in [-0.05, 0) is 40.5 Å². The average Bonchev–Trinajstić information content (AvgIpc) is 3.56. The van der Waals surface area contributed by atoms with Crippen molar-refractivity contribution >= 4 is 22.8 Å². The van der Waals surface area contributed by atoms with Crippen molar-refractivity contribution in [2.45, 2.75) is 25.3 Å². The summed E-state index contributed by atoms with van der Waals surface area (Å²) in [6.45, 7) is 2.71. The van der Waals surface area contributed by atoms with Crippen LogP contribution in [0.25, 0.3) is 22.5 Å². The average molecular weight is 470 g/mol. The number of nitrogens with zero attached hydrogens (tertiary/aromatic N) is 5. The minimum absolute atomic E-state index is 0.184. The predicted molar refractivity (Wildman–Crippen MR) is 134 cm³/mol. The lowest BCUT2D eigenvalue weighted by Crippen LogP contribution is -2.37. The molecule has 5 rings (SSSR count). The zero-order valence-corrected chi connectivity index (χ0v) is 19.4. The quantitative estimate of drug-likeness (QED) is 0.428. The molecule has 1 amide bonds. The van der Waals surface area contributed by atoms with Gasteiger partial charge in [-0.15, -0.1) is 10.2 Å². The molecule has 2 N–H and O–H groups in total. The number of aromatic amines is 1. The molecule has 1 aromatic heterocycles. The summed E-state index contributed by atoms with van der Waals surface area (Å²) in [6, 6.07) is 25.5. The number of aromatic nitrogens is 4. The normalized spacial score (nSPS) is 16.8. The van der Waals surface area contributed by atoms with E-state index < -0.39 is 0 Å². The summed E-state index contributed by atoms with van der Waals surface area (Å²) in [4.78, 5) is 17.1. The number of nitrogens with one attached hydrogen (secondary N) is 2. The van der Waals surface area contributed by atoms with Crippen molar-refractivity contribution in [1.29, 1.82) is 0 Å². The van der Waals surface area contributed by atoms with Crippen molar-refractivity contribution in [2.75, 3.05) is 0 Å². The zero-order valence-electron chi connectivity index (χ0n) is 18.5. The molecule has 1 aliphatic heterocycles. The van der Waals surface area contributed by atoms with E-state index in [2.05, 4.69) is 62.2 Å². The molecule has 1 saturated heterocycles. The molecular weight excluding hydrogens is 446 g/mol. The molecular formula is C25H23N7OS. The monoisotopic (exact) mass is 469 g/mol. The van der Waals surface area contributed by atoms with Crippen LogP contribution in [-0.4, -0.2) is 42.1 Å². The highest BCUT2D eigenvalue weighted by molar-refractivity contribution is 8.14. The molecule has 1 fully saturated rings. The van der Waals surface area contributed by atoms with Crippen LogP contribution in [0, 0.1) is 0 Å². The van der Waals surface area contributed by atoms with Crippen LogP contribution < -0.4 is 5.43 Å². The van der Waals surface area contributed by atoms with Gasteiger partial charge in [-0.25, -0.2) is 5.43 Å². The van der Waals surface area contributed by atoms with E-state index in [0.717, 1.165) is 28.7 Å². The Bertz CT molecular complexity index is 1290. The van der Waals surface area contributed by atoms with E-state index in [0.29, 0.717) is 23.1 Å². The Labute approximate surface area is 201 Å². The van der Waals surface area contributed by atoms with Crippen molar-refractivity contribution in [2.24, 2.45) is 4.99 Å². The fraction of sp³-hybridized carbons (Fsp3) is 0.160. The van der Waals surface area contributed by atoms with Gasteiger partial charge in [0, 0.05) is 11.1 Å². The highest BCUT2D eigenvalue weighted by Crippen LogP contribution is 2.30. The molecule has 0 bridgehead atoms. The van der Waals surface area contributed by atoms with Crippen LogP contribution in [0.15, 0.2) is 83.9 Å². The Hall–Kier alpha value is -3.82. The Morgan fingerprint density at radius 1 is 1.00 bits per heavy atom. The van der Waals surface area contributed by atoms with E-state index in [4.69, 9.17) is 0 Å². The first kappa shape index (κ1) is 22.0. The van der Waals surface area contributed by atoms with Crippen LogP contribution in [0.5, 0.6) is 0 Å². The van der Waals surface area contributed by atoms with Gasteiger partial charge in [-0.1, -0.05) is 85.4 Å². The number of amidine groups is 1. The highest BCUT2D eigenvalue weighted by atomic mass is 32.2.